The molecule has 1 aromatic heterocycles. The third-order valence-corrected chi connectivity index (χ3v) is 10.9. The Morgan fingerprint density at radius 2 is 0.922 bits per heavy atom. The van der Waals surface area contributed by atoms with Crippen molar-refractivity contribution in [2.45, 2.75) is 19.3 Å². The first kappa shape index (κ1) is 29.5. The zero-order valence-corrected chi connectivity index (χ0v) is 28.6. The molecule has 2 nitrogen and oxygen atoms in total. The van der Waals surface area contributed by atoms with Crippen LogP contribution in [-0.2, 0) is 5.41 Å². The van der Waals surface area contributed by atoms with Crippen LogP contribution >= 0.6 is 0 Å². The number of benzene rings is 8. The largest absolute Gasteiger partial charge is 0.228 e. The van der Waals surface area contributed by atoms with E-state index in [0.717, 1.165) is 33.9 Å². The molecule has 10 rings (SSSR count). The summed E-state index contributed by atoms with van der Waals surface area (Å²) >= 11 is 0. The van der Waals surface area contributed by atoms with Crippen molar-refractivity contribution in [2.24, 2.45) is 0 Å². The third kappa shape index (κ3) is 4.64. The average Bonchev–Trinajstić information content (AvgIpc) is 3.43. The molecule has 240 valence electrons. The van der Waals surface area contributed by atoms with Crippen molar-refractivity contribution in [3.8, 4) is 56.2 Å². The van der Waals surface area contributed by atoms with E-state index in [2.05, 4.69) is 159 Å². The molecule has 51 heavy (non-hydrogen) atoms. The SMILES string of the molecule is CC1(C)c2ccccc2-c2ccc(-c3ccc4c5ccccc5c5cccc(-c6cc(-c7ccccc7)nc(-c7ccccc7)n6)c5c4c3)cc21. The van der Waals surface area contributed by atoms with Gasteiger partial charge in [0, 0.05) is 22.1 Å². The van der Waals surface area contributed by atoms with Crippen molar-refractivity contribution in [3.63, 3.8) is 0 Å². The summed E-state index contributed by atoms with van der Waals surface area (Å²) in [6.45, 7) is 4.70. The van der Waals surface area contributed by atoms with E-state index >= 15 is 0 Å². The second-order valence-electron chi connectivity index (χ2n) is 14.2. The van der Waals surface area contributed by atoms with Crippen molar-refractivity contribution in [3.05, 3.63) is 181 Å². The smallest absolute Gasteiger partial charge is 0.160 e. The third-order valence-electron chi connectivity index (χ3n) is 10.9. The molecule has 8 aromatic carbocycles. The van der Waals surface area contributed by atoms with Crippen LogP contribution in [-0.4, -0.2) is 9.97 Å². The van der Waals surface area contributed by atoms with Gasteiger partial charge < -0.3 is 0 Å². The molecule has 1 aliphatic rings. The van der Waals surface area contributed by atoms with Gasteiger partial charge in [-0.05, 0) is 83.9 Å². The highest BCUT2D eigenvalue weighted by Gasteiger charge is 2.35. The van der Waals surface area contributed by atoms with Crippen molar-refractivity contribution < 1.29 is 0 Å². The molecule has 0 amide bonds. The average molecular weight is 651 g/mol. The molecule has 0 spiro atoms. The number of fused-ring (bicyclic) bond motifs is 9. The number of nitrogens with zero attached hydrogens (tertiary/aromatic N) is 2. The lowest BCUT2D eigenvalue weighted by molar-refractivity contribution is 0.660. The molecular formula is C49H34N2. The quantitative estimate of drug-likeness (QED) is 0.177. The first-order valence-corrected chi connectivity index (χ1v) is 17.7. The molecule has 1 aliphatic carbocycles. The summed E-state index contributed by atoms with van der Waals surface area (Å²) in [5, 5.41) is 7.39. The summed E-state index contributed by atoms with van der Waals surface area (Å²) in [6, 6.07) is 61.2. The van der Waals surface area contributed by atoms with Gasteiger partial charge in [0.05, 0.1) is 11.4 Å². The summed E-state index contributed by atoms with van der Waals surface area (Å²) in [5.41, 5.74) is 12.8. The van der Waals surface area contributed by atoms with Crippen LogP contribution < -0.4 is 0 Å². The van der Waals surface area contributed by atoms with Crippen LogP contribution in [0.2, 0.25) is 0 Å². The molecule has 2 heteroatoms. The van der Waals surface area contributed by atoms with E-state index in [4.69, 9.17) is 9.97 Å². The van der Waals surface area contributed by atoms with Gasteiger partial charge >= 0.3 is 0 Å². The topological polar surface area (TPSA) is 25.8 Å². The summed E-state index contributed by atoms with van der Waals surface area (Å²) in [4.78, 5) is 10.4. The van der Waals surface area contributed by atoms with E-state index in [1.165, 1.54) is 65.7 Å². The van der Waals surface area contributed by atoms with Crippen molar-refractivity contribution in [1.82, 2.24) is 9.97 Å². The van der Waals surface area contributed by atoms with Gasteiger partial charge in [-0.15, -0.1) is 0 Å². The number of hydrogen-bond donors (Lipinski definition) is 0. The van der Waals surface area contributed by atoms with Crippen LogP contribution in [0.25, 0.3) is 88.5 Å². The molecule has 9 aromatic rings. The van der Waals surface area contributed by atoms with E-state index in [1.807, 2.05) is 24.3 Å². The van der Waals surface area contributed by atoms with Gasteiger partial charge in [-0.2, -0.15) is 0 Å². The molecule has 0 fully saturated rings. The summed E-state index contributed by atoms with van der Waals surface area (Å²) in [7, 11) is 0. The highest BCUT2D eigenvalue weighted by Crippen LogP contribution is 2.50. The predicted molar refractivity (Wildman–Crippen MR) is 214 cm³/mol. The van der Waals surface area contributed by atoms with Gasteiger partial charge in [-0.25, -0.2) is 9.97 Å². The first-order chi connectivity index (χ1) is 25.0. The van der Waals surface area contributed by atoms with E-state index in [0.29, 0.717) is 0 Å². The number of aromatic nitrogens is 2. The standard InChI is InChI=1S/C49H34N2/c1-49(2)43-23-12-11-20-38(43)39-27-25-34(29-44(39)49)33-24-26-37-35-18-9-10-19-36(35)40-21-13-22-41(47(40)42(37)28-33)46-30-45(31-14-5-3-6-15-31)50-48(51-46)32-16-7-4-8-17-32/h3-30H,1-2H3. The van der Waals surface area contributed by atoms with Crippen LogP contribution in [0, 0.1) is 0 Å². The van der Waals surface area contributed by atoms with Gasteiger partial charge in [0.25, 0.3) is 0 Å². The Balaban J connectivity index is 1.24. The fourth-order valence-corrected chi connectivity index (χ4v) is 8.34. The molecule has 0 saturated carbocycles. The second kappa shape index (κ2) is 11.3. The molecule has 0 N–H and O–H groups in total. The molecular weight excluding hydrogens is 617 g/mol. The summed E-state index contributed by atoms with van der Waals surface area (Å²) < 4.78 is 0. The van der Waals surface area contributed by atoms with Gasteiger partial charge in [-0.3, -0.25) is 0 Å². The number of rotatable bonds is 4. The summed E-state index contributed by atoms with van der Waals surface area (Å²) in [5.74, 6) is 0.719. The molecule has 0 unspecified atom stereocenters. The fourth-order valence-electron chi connectivity index (χ4n) is 8.34. The normalized spacial score (nSPS) is 13.1. The Labute approximate surface area is 297 Å². The monoisotopic (exact) mass is 650 g/mol. The Bertz CT molecular complexity index is 2760. The van der Waals surface area contributed by atoms with E-state index in [-0.39, 0.29) is 5.41 Å². The number of hydrogen-bond acceptors (Lipinski definition) is 2. The zero-order valence-electron chi connectivity index (χ0n) is 28.6. The predicted octanol–water partition coefficient (Wildman–Crippen LogP) is 12.9. The molecule has 0 saturated heterocycles. The van der Waals surface area contributed by atoms with Crippen LogP contribution in [0.1, 0.15) is 25.0 Å². The first-order valence-electron chi connectivity index (χ1n) is 17.7. The maximum Gasteiger partial charge on any atom is 0.160 e. The van der Waals surface area contributed by atoms with E-state index < -0.39 is 0 Å². The fraction of sp³-hybridized carbons (Fsp3) is 0.0612. The molecule has 0 aliphatic heterocycles. The van der Waals surface area contributed by atoms with Crippen LogP contribution in [0.3, 0.4) is 0 Å². The maximum absolute atomic E-state index is 5.28. The lowest BCUT2D eigenvalue weighted by Gasteiger charge is -2.22. The zero-order chi connectivity index (χ0) is 34.1. The van der Waals surface area contributed by atoms with Gasteiger partial charge in [-0.1, -0.05) is 166 Å². The van der Waals surface area contributed by atoms with Crippen LogP contribution in [0.15, 0.2) is 170 Å². The lowest BCUT2D eigenvalue weighted by atomic mass is 9.81. The van der Waals surface area contributed by atoms with E-state index in [1.54, 1.807) is 0 Å². The Morgan fingerprint density at radius 3 is 1.73 bits per heavy atom. The molecule has 0 radical (unpaired) electrons. The second-order valence-corrected chi connectivity index (χ2v) is 14.2. The van der Waals surface area contributed by atoms with Gasteiger partial charge in [0.1, 0.15) is 0 Å². The Kier molecular flexibility index (Phi) is 6.56. The Hall–Kier alpha value is -6.38. The van der Waals surface area contributed by atoms with E-state index in [9.17, 15) is 0 Å². The minimum Gasteiger partial charge on any atom is -0.228 e. The molecule has 0 bridgehead atoms. The minimum absolute atomic E-state index is 0.0607. The van der Waals surface area contributed by atoms with Crippen molar-refractivity contribution in [2.75, 3.05) is 0 Å². The van der Waals surface area contributed by atoms with Gasteiger partial charge in [0.2, 0.25) is 0 Å². The van der Waals surface area contributed by atoms with Crippen LogP contribution in [0.5, 0.6) is 0 Å². The highest BCUT2D eigenvalue weighted by molar-refractivity contribution is 6.28. The maximum atomic E-state index is 5.28. The summed E-state index contributed by atoms with van der Waals surface area (Å²) in [6.07, 6.45) is 0. The van der Waals surface area contributed by atoms with Crippen molar-refractivity contribution in [1.29, 1.82) is 0 Å². The Morgan fingerprint density at radius 1 is 0.353 bits per heavy atom. The highest BCUT2D eigenvalue weighted by atomic mass is 14.9. The molecule has 1 heterocycles. The van der Waals surface area contributed by atoms with Crippen LogP contribution in [0.4, 0.5) is 0 Å². The molecule has 0 atom stereocenters. The lowest BCUT2D eigenvalue weighted by Crippen LogP contribution is -2.14. The minimum atomic E-state index is -0.0607. The van der Waals surface area contributed by atoms with Gasteiger partial charge in [0.15, 0.2) is 5.82 Å². The van der Waals surface area contributed by atoms with Crippen molar-refractivity contribution >= 4 is 32.3 Å².